The van der Waals surface area contributed by atoms with Crippen LogP contribution in [0.1, 0.15) is 10.4 Å². The minimum Gasteiger partial charge on any atom is -0.478 e. The molecule has 0 atom stereocenters. The number of hydrogen-bond acceptors (Lipinski definition) is 5. The van der Waals surface area contributed by atoms with E-state index in [4.69, 9.17) is 20.3 Å². The molecule has 20 heavy (non-hydrogen) atoms. The number of nitrogen functional groups attached to an aromatic ring is 1. The van der Waals surface area contributed by atoms with Gasteiger partial charge < -0.3 is 25.6 Å². The van der Waals surface area contributed by atoms with Gasteiger partial charge in [-0.15, -0.1) is 0 Å². The van der Waals surface area contributed by atoms with Gasteiger partial charge in [0.05, 0.1) is 5.56 Å². The molecule has 1 aliphatic heterocycles. The highest BCUT2D eigenvalue weighted by Gasteiger charge is 2.13. The average Bonchev–Trinajstić information content (AvgIpc) is 2.85. The maximum atomic E-state index is 10.9. The van der Waals surface area contributed by atoms with Crippen molar-refractivity contribution in [3.05, 3.63) is 42.0 Å². The minimum absolute atomic E-state index is 0.0845. The summed E-state index contributed by atoms with van der Waals surface area (Å²) in [4.78, 5) is 10.9. The Morgan fingerprint density at radius 2 is 1.80 bits per heavy atom. The Balaban J connectivity index is 1.84. The molecule has 0 spiro atoms. The Morgan fingerprint density at radius 1 is 1.10 bits per heavy atom. The van der Waals surface area contributed by atoms with Gasteiger partial charge in [-0.25, -0.2) is 4.79 Å². The van der Waals surface area contributed by atoms with E-state index in [1.165, 1.54) is 6.07 Å². The van der Waals surface area contributed by atoms with Gasteiger partial charge in [-0.2, -0.15) is 0 Å². The van der Waals surface area contributed by atoms with Crippen LogP contribution in [0.15, 0.2) is 36.4 Å². The second-order valence-electron chi connectivity index (χ2n) is 4.30. The van der Waals surface area contributed by atoms with Crippen LogP contribution in [0.4, 0.5) is 17.1 Å². The second kappa shape index (κ2) is 4.65. The van der Waals surface area contributed by atoms with Crippen LogP contribution in [-0.4, -0.2) is 17.9 Å². The summed E-state index contributed by atoms with van der Waals surface area (Å²) < 4.78 is 10.5. The fourth-order valence-electron chi connectivity index (χ4n) is 1.98. The van der Waals surface area contributed by atoms with Crippen LogP contribution in [0.2, 0.25) is 0 Å². The van der Waals surface area contributed by atoms with Crippen LogP contribution in [0.3, 0.4) is 0 Å². The number of hydrogen-bond donors (Lipinski definition) is 3. The standard InChI is InChI=1S/C14H12N2O4/c15-11-5-8(1-3-10(11)14(17)18)16-9-2-4-12-13(6-9)20-7-19-12/h1-6,16H,7,15H2,(H,17,18). The van der Waals surface area contributed by atoms with Gasteiger partial charge in [-0.05, 0) is 30.3 Å². The van der Waals surface area contributed by atoms with Crippen molar-refractivity contribution < 1.29 is 19.4 Å². The van der Waals surface area contributed by atoms with Crippen molar-refractivity contribution in [2.45, 2.75) is 0 Å². The molecule has 1 heterocycles. The van der Waals surface area contributed by atoms with E-state index in [1.54, 1.807) is 18.2 Å². The number of nitrogens with two attached hydrogens (primary N) is 1. The molecule has 0 saturated heterocycles. The van der Waals surface area contributed by atoms with Crippen molar-refractivity contribution in [1.29, 1.82) is 0 Å². The molecule has 0 bridgehead atoms. The van der Waals surface area contributed by atoms with E-state index in [2.05, 4.69) is 5.32 Å². The fourth-order valence-corrected chi connectivity index (χ4v) is 1.98. The molecule has 2 aromatic carbocycles. The molecule has 0 saturated carbocycles. The molecule has 0 fully saturated rings. The molecule has 6 nitrogen and oxygen atoms in total. The Bertz CT molecular complexity index is 685. The molecule has 0 aliphatic carbocycles. The fraction of sp³-hybridized carbons (Fsp3) is 0.0714. The monoisotopic (exact) mass is 272 g/mol. The summed E-state index contributed by atoms with van der Waals surface area (Å²) in [6, 6.07) is 10.2. The molecule has 0 unspecified atom stereocenters. The van der Waals surface area contributed by atoms with Crippen molar-refractivity contribution in [3.63, 3.8) is 0 Å². The molecule has 0 amide bonds. The number of carboxylic acids is 1. The number of rotatable bonds is 3. The van der Waals surface area contributed by atoms with Gasteiger partial charge in [-0.3, -0.25) is 0 Å². The van der Waals surface area contributed by atoms with E-state index in [9.17, 15) is 4.79 Å². The van der Waals surface area contributed by atoms with Gasteiger partial charge in [0.15, 0.2) is 11.5 Å². The predicted molar refractivity (Wildman–Crippen MR) is 73.7 cm³/mol. The molecule has 6 heteroatoms. The Morgan fingerprint density at radius 3 is 2.55 bits per heavy atom. The van der Waals surface area contributed by atoms with Crippen molar-refractivity contribution in [3.8, 4) is 11.5 Å². The molecule has 1 aliphatic rings. The topological polar surface area (TPSA) is 93.8 Å². The maximum absolute atomic E-state index is 10.9. The molecule has 102 valence electrons. The molecule has 4 N–H and O–H groups in total. The van der Waals surface area contributed by atoms with E-state index in [0.717, 1.165) is 5.69 Å². The lowest BCUT2D eigenvalue weighted by Crippen LogP contribution is -2.02. The Kier molecular flexibility index (Phi) is 2.83. The number of benzene rings is 2. The zero-order chi connectivity index (χ0) is 14.1. The lowest BCUT2D eigenvalue weighted by Gasteiger charge is -2.09. The van der Waals surface area contributed by atoms with Gasteiger partial charge >= 0.3 is 5.97 Å². The van der Waals surface area contributed by atoms with Gasteiger partial charge in [0, 0.05) is 23.1 Å². The normalized spacial score (nSPS) is 12.2. The summed E-state index contributed by atoms with van der Waals surface area (Å²) in [5.74, 6) is 0.332. The van der Waals surface area contributed by atoms with Crippen LogP contribution < -0.4 is 20.5 Å². The van der Waals surface area contributed by atoms with Crippen molar-refractivity contribution in [2.75, 3.05) is 17.8 Å². The highest BCUT2D eigenvalue weighted by atomic mass is 16.7. The summed E-state index contributed by atoms with van der Waals surface area (Å²) in [7, 11) is 0. The first-order chi connectivity index (χ1) is 9.63. The van der Waals surface area contributed by atoms with Crippen molar-refractivity contribution in [2.24, 2.45) is 0 Å². The third-order valence-corrected chi connectivity index (χ3v) is 2.94. The van der Waals surface area contributed by atoms with Crippen LogP contribution in [-0.2, 0) is 0 Å². The molecule has 2 aromatic rings. The molecule has 0 radical (unpaired) electrons. The number of aromatic carboxylic acids is 1. The van der Waals surface area contributed by atoms with Gasteiger partial charge in [-0.1, -0.05) is 0 Å². The number of carbonyl (C=O) groups is 1. The number of ether oxygens (including phenoxy) is 2. The van der Waals surface area contributed by atoms with Crippen molar-refractivity contribution in [1.82, 2.24) is 0 Å². The summed E-state index contributed by atoms with van der Waals surface area (Å²) in [6.45, 7) is 0.221. The minimum atomic E-state index is -1.04. The zero-order valence-corrected chi connectivity index (χ0v) is 10.4. The smallest absolute Gasteiger partial charge is 0.337 e. The highest BCUT2D eigenvalue weighted by molar-refractivity contribution is 5.94. The first kappa shape index (κ1) is 12.2. The average molecular weight is 272 g/mol. The zero-order valence-electron chi connectivity index (χ0n) is 10.4. The summed E-state index contributed by atoms with van der Waals surface area (Å²) in [5, 5.41) is 12.1. The number of carboxylic acid groups (broad SMARTS) is 1. The summed E-state index contributed by atoms with van der Waals surface area (Å²) in [6.07, 6.45) is 0. The molecular formula is C14H12N2O4. The predicted octanol–water partition coefficient (Wildman–Crippen LogP) is 2.44. The van der Waals surface area contributed by atoms with Crippen LogP contribution >= 0.6 is 0 Å². The summed E-state index contributed by atoms with van der Waals surface area (Å²) >= 11 is 0. The largest absolute Gasteiger partial charge is 0.478 e. The third-order valence-electron chi connectivity index (χ3n) is 2.94. The van der Waals surface area contributed by atoms with Crippen LogP contribution in [0.5, 0.6) is 11.5 Å². The van der Waals surface area contributed by atoms with Gasteiger partial charge in [0.25, 0.3) is 0 Å². The lowest BCUT2D eigenvalue weighted by molar-refractivity contribution is 0.0698. The number of anilines is 3. The van der Waals surface area contributed by atoms with E-state index < -0.39 is 5.97 Å². The Hall–Kier alpha value is -2.89. The number of nitrogens with one attached hydrogen (secondary N) is 1. The first-order valence-electron chi connectivity index (χ1n) is 5.93. The number of fused-ring (bicyclic) bond motifs is 1. The maximum Gasteiger partial charge on any atom is 0.337 e. The van der Waals surface area contributed by atoms with E-state index in [0.29, 0.717) is 17.2 Å². The SMILES string of the molecule is Nc1cc(Nc2ccc3c(c2)OCO3)ccc1C(=O)O. The summed E-state index contributed by atoms with van der Waals surface area (Å²) in [5.41, 5.74) is 7.50. The van der Waals surface area contributed by atoms with E-state index in [-0.39, 0.29) is 18.0 Å². The highest BCUT2D eigenvalue weighted by Crippen LogP contribution is 2.35. The molecular weight excluding hydrogens is 260 g/mol. The molecule has 3 rings (SSSR count). The third kappa shape index (κ3) is 2.18. The van der Waals surface area contributed by atoms with E-state index in [1.807, 2.05) is 12.1 Å². The quantitative estimate of drug-likeness (QED) is 0.743. The van der Waals surface area contributed by atoms with Gasteiger partial charge in [0.2, 0.25) is 6.79 Å². The van der Waals surface area contributed by atoms with Crippen molar-refractivity contribution >= 4 is 23.0 Å². The van der Waals surface area contributed by atoms with E-state index >= 15 is 0 Å². The Labute approximate surface area is 114 Å². The van der Waals surface area contributed by atoms with Gasteiger partial charge in [0.1, 0.15) is 0 Å². The first-order valence-corrected chi connectivity index (χ1v) is 5.93. The van der Waals surface area contributed by atoms with Crippen LogP contribution in [0, 0.1) is 0 Å². The lowest BCUT2D eigenvalue weighted by atomic mass is 10.1. The second-order valence-corrected chi connectivity index (χ2v) is 4.30. The molecule has 0 aromatic heterocycles. The van der Waals surface area contributed by atoms with Crippen LogP contribution in [0.25, 0.3) is 0 Å².